The highest BCUT2D eigenvalue weighted by Gasteiger charge is 2.30. The Labute approximate surface area is 228 Å². The highest BCUT2D eigenvalue weighted by atomic mass is 35.5. The Morgan fingerprint density at radius 3 is 2.43 bits per heavy atom. The molecule has 3 aromatic rings. The van der Waals surface area contributed by atoms with E-state index in [1.54, 1.807) is 49.5 Å². The molecular formula is C27H22Cl2N2O5S. The summed E-state index contributed by atoms with van der Waals surface area (Å²) in [6.07, 6.45) is 1.72. The number of carbonyl (C=O) groups is 2. The number of ether oxygens (including phenoxy) is 2. The van der Waals surface area contributed by atoms with Gasteiger partial charge < -0.3 is 14.6 Å². The first kappa shape index (κ1) is 26.6. The van der Waals surface area contributed by atoms with Gasteiger partial charge in [0.15, 0.2) is 16.7 Å². The largest absolute Gasteiger partial charge is 0.490 e. The van der Waals surface area contributed by atoms with E-state index in [2.05, 4.69) is 4.99 Å². The summed E-state index contributed by atoms with van der Waals surface area (Å²) >= 11 is 13.7. The average molecular weight is 557 g/mol. The molecule has 1 fully saturated rings. The predicted octanol–water partition coefficient (Wildman–Crippen LogP) is 6.90. The van der Waals surface area contributed by atoms with Crippen LogP contribution in [0, 0.1) is 0 Å². The number of amides is 1. The van der Waals surface area contributed by atoms with Crippen molar-refractivity contribution in [2.75, 3.05) is 13.7 Å². The zero-order valence-electron chi connectivity index (χ0n) is 19.9. The molecule has 1 N–H and O–H groups in total. The lowest BCUT2D eigenvalue weighted by molar-refractivity contribution is -0.121. The van der Waals surface area contributed by atoms with Crippen molar-refractivity contribution in [2.45, 2.75) is 13.5 Å². The highest BCUT2D eigenvalue weighted by Crippen LogP contribution is 2.39. The SMILES string of the molecule is CCOc1cc(C=C2SC(=Nc3ccc(C(=O)O)cc3)N(C)C2=O)cc(Cl)c1OCc1ccc(Cl)cc1. The van der Waals surface area contributed by atoms with Crippen LogP contribution >= 0.6 is 35.0 Å². The van der Waals surface area contributed by atoms with Crippen molar-refractivity contribution in [1.82, 2.24) is 4.90 Å². The smallest absolute Gasteiger partial charge is 0.335 e. The first-order valence-corrected chi connectivity index (χ1v) is 12.8. The van der Waals surface area contributed by atoms with Gasteiger partial charge in [0.05, 0.1) is 27.8 Å². The number of carboxylic acids is 1. The monoisotopic (exact) mass is 556 g/mol. The third-order valence-electron chi connectivity index (χ3n) is 5.27. The summed E-state index contributed by atoms with van der Waals surface area (Å²) in [7, 11) is 1.63. The maximum absolute atomic E-state index is 12.9. The maximum atomic E-state index is 12.9. The van der Waals surface area contributed by atoms with E-state index >= 15 is 0 Å². The number of aliphatic imine (C=N–C) groups is 1. The van der Waals surface area contributed by atoms with Crippen LogP contribution in [0.1, 0.15) is 28.4 Å². The summed E-state index contributed by atoms with van der Waals surface area (Å²) in [5.74, 6) is -0.358. The van der Waals surface area contributed by atoms with Gasteiger partial charge in [-0.05, 0) is 84.4 Å². The van der Waals surface area contributed by atoms with Crippen molar-refractivity contribution in [3.05, 3.63) is 92.3 Å². The van der Waals surface area contributed by atoms with Gasteiger partial charge >= 0.3 is 5.97 Å². The molecule has 0 spiro atoms. The van der Waals surface area contributed by atoms with Crippen molar-refractivity contribution >= 4 is 63.8 Å². The third kappa shape index (κ3) is 6.46. The van der Waals surface area contributed by atoms with E-state index in [-0.39, 0.29) is 18.1 Å². The van der Waals surface area contributed by atoms with Gasteiger partial charge in [0, 0.05) is 12.1 Å². The number of likely N-dealkylation sites (N-methyl/N-ethyl adjacent to an activating group) is 1. The second kappa shape index (κ2) is 11.7. The van der Waals surface area contributed by atoms with Crippen LogP contribution in [-0.2, 0) is 11.4 Å². The first-order chi connectivity index (χ1) is 17.7. The van der Waals surface area contributed by atoms with E-state index in [4.69, 9.17) is 37.8 Å². The molecule has 1 saturated heterocycles. The minimum absolute atomic E-state index is 0.163. The molecule has 0 aliphatic carbocycles. The molecule has 1 heterocycles. The molecule has 37 heavy (non-hydrogen) atoms. The second-order valence-corrected chi connectivity index (χ2v) is 9.75. The van der Waals surface area contributed by atoms with Gasteiger partial charge in [-0.25, -0.2) is 9.79 Å². The molecule has 0 atom stereocenters. The Kier molecular flexibility index (Phi) is 8.43. The zero-order chi connectivity index (χ0) is 26.5. The summed E-state index contributed by atoms with van der Waals surface area (Å²) in [4.78, 5) is 30.3. The molecule has 0 bridgehead atoms. The van der Waals surface area contributed by atoms with Crippen molar-refractivity contribution in [3.63, 3.8) is 0 Å². The Bertz CT molecular complexity index is 1390. The Morgan fingerprint density at radius 1 is 1.08 bits per heavy atom. The lowest BCUT2D eigenvalue weighted by atomic mass is 10.1. The van der Waals surface area contributed by atoms with Gasteiger partial charge in [-0.3, -0.25) is 9.69 Å². The third-order valence-corrected chi connectivity index (χ3v) is 6.86. The number of carbonyl (C=O) groups excluding carboxylic acids is 1. The van der Waals surface area contributed by atoms with E-state index in [1.165, 1.54) is 28.8 Å². The first-order valence-electron chi connectivity index (χ1n) is 11.2. The predicted molar refractivity (Wildman–Crippen MR) is 147 cm³/mol. The number of carboxylic acid groups (broad SMARTS) is 1. The number of benzene rings is 3. The number of amidine groups is 1. The van der Waals surface area contributed by atoms with Crippen LogP contribution in [0.4, 0.5) is 5.69 Å². The van der Waals surface area contributed by atoms with Gasteiger partial charge in [0.25, 0.3) is 5.91 Å². The fraction of sp³-hybridized carbons (Fsp3) is 0.148. The van der Waals surface area contributed by atoms with E-state index in [0.29, 0.717) is 49.5 Å². The van der Waals surface area contributed by atoms with E-state index in [0.717, 1.165) is 5.56 Å². The summed E-state index contributed by atoms with van der Waals surface area (Å²) < 4.78 is 11.7. The Hall–Kier alpha value is -3.46. The Morgan fingerprint density at radius 2 is 1.78 bits per heavy atom. The molecule has 7 nitrogen and oxygen atoms in total. The van der Waals surface area contributed by atoms with E-state index < -0.39 is 5.97 Å². The van der Waals surface area contributed by atoms with Gasteiger partial charge in [0.2, 0.25) is 0 Å². The maximum Gasteiger partial charge on any atom is 0.335 e. The van der Waals surface area contributed by atoms with Gasteiger partial charge in [0.1, 0.15) is 6.61 Å². The standard InChI is InChI=1S/C27H22Cl2N2O5S/c1-3-35-22-13-17(12-21(29)24(22)36-15-16-4-8-19(28)9-5-16)14-23-25(32)31(2)27(37-23)30-20-10-6-18(7-11-20)26(33)34/h4-14H,3,15H2,1-2H3,(H,33,34). The summed E-state index contributed by atoms with van der Waals surface area (Å²) in [5.41, 5.74) is 2.30. The van der Waals surface area contributed by atoms with E-state index in [1.807, 2.05) is 19.1 Å². The molecule has 0 saturated carbocycles. The fourth-order valence-electron chi connectivity index (χ4n) is 3.40. The zero-order valence-corrected chi connectivity index (χ0v) is 22.2. The lowest BCUT2D eigenvalue weighted by Gasteiger charge is -2.15. The van der Waals surface area contributed by atoms with Crippen LogP contribution in [0.2, 0.25) is 10.0 Å². The van der Waals surface area contributed by atoms with E-state index in [9.17, 15) is 9.59 Å². The molecule has 0 aromatic heterocycles. The van der Waals surface area contributed by atoms with Crippen molar-refractivity contribution < 1.29 is 24.2 Å². The van der Waals surface area contributed by atoms with Crippen molar-refractivity contribution in [1.29, 1.82) is 0 Å². The van der Waals surface area contributed by atoms with Crippen LogP contribution in [0.15, 0.2) is 70.6 Å². The highest BCUT2D eigenvalue weighted by molar-refractivity contribution is 8.18. The minimum Gasteiger partial charge on any atom is -0.490 e. The number of halogens is 2. The second-order valence-electron chi connectivity index (χ2n) is 7.90. The molecule has 190 valence electrons. The van der Waals surface area contributed by atoms with Crippen LogP contribution in [0.25, 0.3) is 6.08 Å². The molecule has 4 rings (SSSR count). The molecule has 0 unspecified atom stereocenters. The normalized spacial score (nSPS) is 15.5. The summed E-state index contributed by atoms with van der Waals surface area (Å²) in [6, 6.07) is 16.9. The molecule has 3 aromatic carbocycles. The topological polar surface area (TPSA) is 88.4 Å². The minimum atomic E-state index is -1.02. The molecule has 0 radical (unpaired) electrons. The molecule has 1 aliphatic heterocycles. The van der Waals surface area contributed by atoms with Gasteiger partial charge in [-0.15, -0.1) is 0 Å². The van der Waals surface area contributed by atoms with Crippen LogP contribution in [0.5, 0.6) is 11.5 Å². The summed E-state index contributed by atoms with van der Waals surface area (Å²) in [5, 5.41) is 10.5. The quantitative estimate of drug-likeness (QED) is 0.303. The molecule has 10 heteroatoms. The Balaban J connectivity index is 1.57. The number of hydrogen-bond acceptors (Lipinski definition) is 6. The number of hydrogen-bond donors (Lipinski definition) is 1. The molecule has 1 aliphatic rings. The van der Waals surface area contributed by atoms with Crippen molar-refractivity contribution in [2.24, 2.45) is 4.99 Å². The molecular weight excluding hydrogens is 535 g/mol. The fourth-order valence-corrected chi connectivity index (χ4v) is 4.79. The average Bonchev–Trinajstić information content (AvgIpc) is 3.12. The summed E-state index contributed by atoms with van der Waals surface area (Å²) in [6.45, 7) is 2.55. The van der Waals surface area contributed by atoms with Crippen LogP contribution < -0.4 is 9.47 Å². The number of aromatic carboxylic acids is 1. The number of rotatable bonds is 8. The number of nitrogens with zero attached hydrogens (tertiary/aromatic N) is 2. The van der Waals surface area contributed by atoms with Crippen LogP contribution in [-0.4, -0.2) is 40.7 Å². The van der Waals surface area contributed by atoms with Crippen LogP contribution in [0.3, 0.4) is 0 Å². The van der Waals surface area contributed by atoms with Gasteiger partial charge in [-0.2, -0.15) is 0 Å². The van der Waals surface area contributed by atoms with Gasteiger partial charge in [-0.1, -0.05) is 35.3 Å². The lowest BCUT2D eigenvalue weighted by Crippen LogP contribution is -2.23. The van der Waals surface area contributed by atoms with Crippen molar-refractivity contribution in [3.8, 4) is 11.5 Å². The molecule has 1 amide bonds. The number of thioether (sulfide) groups is 1.